The highest BCUT2D eigenvalue weighted by Gasteiger charge is 2.37. The van der Waals surface area contributed by atoms with E-state index in [0.717, 1.165) is 0 Å². The first-order valence-electron chi connectivity index (χ1n) is 17.6. The van der Waals surface area contributed by atoms with Crippen molar-refractivity contribution in [2.45, 2.75) is 157 Å². The zero-order valence-electron chi connectivity index (χ0n) is 30.6. The second-order valence-corrected chi connectivity index (χ2v) is 20.3. The van der Waals surface area contributed by atoms with Gasteiger partial charge in [0.05, 0.1) is 8.07 Å². The summed E-state index contributed by atoms with van der Waals surface area (Å²) in [5.41, 5.74) is 15.2. The van der Waals surface area contributed by atoms with Crippen LogP contribution >= 0.6 is 0 Å². The minimum Gasteiger partial charge on any atom is -0.0675 e. The molecule has 0 aromatic heterocycles. The summed E-state index contributed by atoms with van der Waals surface area (Å²) < 4.78 is 0. The van der Waals surface area contributed by atoms with Crippen LogP contribution in [0.4, 0.5) is 0 Å². The molecule has 0 heterocycles. The maximum absolute atomic E-state index is 2.55. The van der Waals surface area contributed by atoms with Gasteiger partial charge in [0.1, 0.15) is 0 Å². The zero-order chi connectivity index (χ0) is 32.4. The van der Waals surface area contributed by atoms with Gasteiger partial charge < -0.3 is 0 Å². The third-order valence-electron chi connectivity index (χ3n) is 10.4. The monoisotopic (exact) mass is 596 g/mol. The molecule has 236 valence electrons. The summed E-state index contributed by atoms with van der Waals surface area (Å²) in [4.78, 5) is 0. The van der Waals surface area contributed by atoms with Crippen LogP contribution in [0.2, 0.25) is 18.1 Å². The first-order chi connectivity index (χ1) is 20.1. The highest BCUT2D eigenvalue weighted by molar-refractivity contribution is 6.93. The lowest BCUT2D eigenvalue weighted by Gasteiger charge is -2.36. The second-order valence-electron chi connectivity index (χ2n) is 15.1. The van der Waals surface area contributed by atoms with E-state index in [1.807, 2.05) is 0 Å². The van der Waals surface area contributed by atoms with E-state index >= 15 is 0 Å². The number of benzene rings is 3. The zero-order valence-corrected chi connectivity index (χ0v) is 31.6. The van der Waals surface area contributed by atoms with Gasteiger partial charge in [0.15, 0.2) is 0 Å². The van der Waals surface area contributed by atoms with Gasteiger partial charge >= 0.3 is 0 Å². The van der Waals surface area contributed by atoms with Crippen LogP contribution in [0.15, 0.2) is 42.5 Å². The Balaban J connectivity index is 2.70. The Morgan fingerprint density at radius 3 is 0.930 bits per heavy atom. The Morgan fingerprint density at radius 2 is 0.721 bits per heavy atom. The Kier molecular flexibility index (Phi) is 11.8. The van der Waals surface area contributed by atoms with E-state index < -0.39 is 8.07 Å². The lowest BCUT2D eigenvalue weighted by molar-refractivity contribution is 0.807. The average Bonchev–Trinajstić information content (AvgIpc) is 2.96. The number of hydrogen-bond donors (Lipinski definition) is 0. The van der Waals surface area contributed by atoms with Gasteiger partial charge in [0.25, 0.3) is 0 Å². The molecule has 0 N–H and O–H groups in total. The van der Waals surface area contributed by atoms with Crippen molar-refractivity contribution >= 4 is 13.3 Å². The lowest BCUT2D eigenvalue weighted by atomic mass is 9.79. The van der Waals surface area contributed by atoms with Crippen molar-refractivity contribution in [3.05, 3.63) is 75.8 Å². The SMILES string of the molecule is CC[Si](CC)(CC)c1c(-c2c(C(C)C)cc(C(C)C)cc2C(C)C)cccc1-c1c(C(C)C)cc(C(C)C)cc1C(C)C. The molecule has 0 fully saturated rings. The normalized spacial score (nSPS) is 12.7. The van der Waals surface area contributed by atoms with Gasteiger partial charge in [-0.2, -0.15) is 0 Å². The van der Waals surface area contributed by atoms with Crippen LogP contribution in [-0.4, -0.2) is 8.07 Å². The van der Waals surface area contributed by atoms with E-state index in [2.05, 4.69) is 146 Å². The molecule has 43 heavy (non-hydrogen) atoms. The molecule has 0 saturated carbocycles. The number of hydrogen-bond acceptors (Lipinski definition) is 0. The molecule has 0 amide bonds. The molecule has 0 spiro atoms. The Hall–Kier alpha value is -2.12. The van der Waals surface area contributed by atoms with Crippen LogP contribution < -0.4 is 5.19 Å². The van der Waals surface area contributed by atoms with Gasteiger partial charge in [0, 0.05) is 0 Å². The Morgan fingerprint density at radius 1 is 0.442 bits per heavy atom. The predicted molar refractivity (Wildman–Crippen MR) is 199 cm³/mol. The molecule has 0 saturated heterocycles. The molecule has 0 nitrogen and oxygen atoms in total. The molecule has 1 heteroatoms. The molecule has 0 aliphatic carbocycles. The molecule has 3 aromatic carbocycles. The molecule has 3 aromatic rings. The lowest BCUT2D eigenvalue weighted by Crippen LogP contribution is -2.48. The average molecular weight is 597 g/mol. The fourth-order valence-electron chi connectivity index (χ4n) is 7.35. The van der Waals surface area contributed by atoms with Crippen molar-refractivity contribution in [2.24, 2.45) is 0 Å². The minimum atomic E-state index is -1.85. The molecule has 0 radical (unpaired) electrons. The van der Waals surface area contributed by atoms with Crippen molar-refractivity contribution in [3.8, 4) is 22.3 Å². The summed E-state index contributed by atoms with van der Waals surface area (Å²) >= 11 is 0. The fraction of sp³-hybridized carbons (Fsp3) is 0.571. The van der Waals surface area contributed by atoms with Crippen molar-refractivity contribution in [2.75, 3.05) is 0 Å². The summed E-state index contributed by atoms with van der Waals surface area (Å²) in [5, 5.41) is 1.73. The van der Waals surface area contributed by atoms with E-state index in [1.165, 1.54) is 73.8 Å². The second kappa shape index (κ2) is 14.3. The quantitative estimate of drug-likeness (QED) is 0.182. The van der Waals surface area contributed by atoms with E-state index in [4.69, 9.17) is 0 Å². The van der Waals surface area contributed by atoms with Crippen LogP contribution in [0.5, 0.6) is 0 Å². The molecule has 0 bridgehead atoms. The third-order valence-corrected chi connectivity index (χ3v) is 16.1. The minimum absolute atomic E-state index is 0.464. The Bertz CT molecular complexity index is 1220. The van der Waals surface area contributed by atoms with Gasteiger partial charge in [-0.1, -0.05) is 164 Å². The summed E-state index contributed by atoms with van der Waals surface area (Å²) in [6.07, 6.45) is 0. The molecule has 0 aliphatic rings. The van der Waals surface area contributed by atoms with Gasteiger partial charge in [-0.25, -0.2) is 0 Å². The molecular weight excluding hydrogens is 533 g/mol. The first kappa shape index (κ1) is 35.4. The van der Waals surface area contributed by atoms with Gasteiger partial charge in [0.2, 0.25) is 0 Å². The standard InChI is InChI=1S/C42H64Si/c1-16-43(17-2,18-3)42-34(40-36(28(8)9)22-32(26(4)5)23-37(40)29(10)11)20-19-21-35(42)41-38(30(12)13)24-33(27(6)7)25-39(41)31(14)15/h19-31H,16-18H2,1-15H3. The van der Waals surface area contributed by atoms with Crippen molar-refractivity contribution in [1.82, 2.24) is 0 Å². The van der Waals surface area contributed by atoms with E-state index in [0.29, 0.717) is 35.5 Å². The third kappa shape index (κ3) is 6.93. The molecule has 3 rings (SSSR count). The van der Waals surface area contributed by atoms with Crippen molar-refractivity contribution in [1.29, 1.82) is 0 Å². The fourth-order valence-corrected chi connectivity index (χ4v) is 11.5. The molecular formula is C42H64Si. The first-order valence-corrected chi connectivity index (χ1v) is 20.3. The van der Waals surface area contributed by atoms with Crippen molar-refractivity contribution < 1.29 is 0 Å². The van der Waals surface area contributed by atoms with Crippen LogP contribution in [0, 0.1) is 0 Å². The van der Waals surface area contributed by atoms with Crippen LogP contribution in [0.3, 0.4) is 0 Å². The summed E-state index contributed by atoms with van der Waals surface area (Å²) in [6.45, 7) is 36.1. The maximum Gasteiger partial charge on any atom is 0.0875 e. The van der Waals surface area contributed by atoms with Crippen LogP contribution in [0.25, 0.3) is 22.3 Å². The molecule has 0 unspecified atom stereocenters. The summed E-state index contributed by atoms with van der Waals surface area (Å²) in [7, 11) is -1.85. The van der Waals surface area contributed by atoms with Gasteiger partial charge in [-0.3, -0.25) is 0 Å². The van der Waals surface area contributed by atoms with Crippen molar-refractivity contribution in [3.63, 3.8) is 0 Å². The van der Waals surface area contributed by atoms with Crippen LogP contribution in [-0.2, 0) is 0 Å². The topological polar surface area (TPSA) is 0 Å². The maximum atomic E-state index is 2.55. The largest absolute Gasteiger partial charge is 0.0875 e. The van der Waals surface area contributed by atoms with E-state index in [-0.39, 0.29) is 0 Å². The molecule has 0 atom stereocenters. The summed E-state index contributed by atoms with van der Waals surface area (Å²) in [5.74, 6) is 2.90. The van der Waals surface area contributed by atoms with Crippen LogP contribution in [0.1, 0.15) is 173 Å². The van der Waals surface area contributed by atoms with Gasteiger partial charge in [-0.05, 0) is 96.3 Å². The van der Waals surface area contributed by atoms with E-state index in [9.17, 15) is 0 Å². The van der Waals surface area contributed by atoms with Gasteiger partial charge in [-0.15, -0.1) is 0 Å². The number of rotatable bonds is 12. The highest BCUT2D eigenvalue weighted by Crippen LogP contribution is 2.44. The van der Waals surface area contributed by atoms with E-state index in [1.54, 1.807) is 5.19 Å². The predicted octanol–water partition coefficient (Wildman–Crippen LogP) is 13.5. The smallest absolute Gasteiger partial charge is 0.0675 e. The highest BCUT2D eigenvalue weighted by atomic mass is 28.3. The molecule has 0 aliphatic heterocycles. The summed E-state index contributed by atoms with van der Waals surface area (Å²) in [6, 6.07) is 21.5. The Labute approximate surface area is 268 Å².